The molecule has 0 amide bonds. The fourth-order valence-electron chi connectivity index (χ4n) is 1.36. The maximum Gasteiger partial charge on any atom is 0.138 e. The lowest BCUT2D eigenvalue weighted by Gasteiger charge is -1.97. The number of aryl methyl sites for hydroxylation is 1. The molecule has 2 aromatic rings. The zero-order chi connectivity index (χ0) is 9.26. The standard InChI is InChI=1S/C10H9N3/c1-2-9-7-12-10-5-8(6-11)3-4-13(9)10/h3-5,7H,2H2,1H3. The molecule has 0 bridgehead atoms. The van der Waals surface area contributed by atoms with Crippen molar-refractivity contribution in [3.8, 4) is 6.07 Å². The number of hydrogen-bond acceptors (Lipinski definition) is 2. The SMILES string of the molecule is CCc1cnc2cc(C#N)ccn12. The van der Waals surface area contributed by atoms with Crippen molar-refractivity contribution >= 4 is 5.65 Å². The van der Waals surface area contributed by atoms with Crippen LogP contribution in [0.2, 0.25) is 0 Å². The van der Waals surface area contributed by atoms with Crippen molar-refractivity contribution in [3.05, 3.63) is 35.8 Å². The molecule has 0 aliphatic rings. The maximum absolute atomic E-state index is 8.67. The topological polar surface area (TPSA) is 41.1 Å². The first-order valence-corrected chi connectivity index (χ1v) is 4.21. The van der Waals surface area contributed by atoms with Gasteiger partial charge in [0.15, 0.2) is 0 Å². The third-order valence-corrected chi connectivity index (χ3v) is 2.08. The second kappa shape index (κ2) is 2.91. The molecule has 0 spiro atoms. The molecule has 64 valence electrons. The Morgan fingerprint density at radius 2 is 2.46 bits per heavy atom. The summed E-state index contributed by atoms with van der Waals surface area (Å²) in [5.74, 6) is 0. The molecule has 0 radical (unpaired) electrons. The first-order chi connectivity index (χ1) is 6.35. The van der Waals surface area contributed by atoms with Crippen molar-refractivity contribution in [1.29, 1.82) is 5.26 Å². The summed E-state index contributed by atoms with van der Waals surface area (Å²) in [4.78, 5) is 4.21. The number of rotatable bonds is 1. The van der Waals surface area contributed by atoms with Gasteiger partial charge in [-0.25, -0.2) is 4.98 Å². The first kappa shape index (κ1) is 7.81. The van der Waals surface area contributed by atoms with Crippen LogP contribution in [-0.2, 0) is 6.42 Å². The predicted octanol–water partition coefficient (Wildman–Crippen LogP) is 1.77. The molecule has 3 nitrogen and oxygen atoms in total. The zero-order valence-corrected chi connectivity index (χ0v) is 7.36. The monoisotopic (exact) mass is 171 g/mol. The highest BCUT2D eigenvalue weighted by Gasteiger charge is 2.00. The lowest BCUT2D eigenvalue weighted by Crippen LogP contribution is -1.90. The third-order valence-electron chi connectivity index (χ3n) is 2.08. The van der Waals surface area contributed by atoms with Crippen LogP contribution in [0.25, 0.3) is 5.65 Å². The number of fused-ring (bicyclic) bond motifs is 1. The zero-order valence-electron chi connectivity index (χ0n) is 7.36. The van der Waals surface area contributed by atoms with E-state index < -0.39 is 0 Å². The smallest absolute Gasteiger partial charge is 0.138 e. The van der Waals surface area contributed by atoms with Crippen molar-refractivity contribution in [2.24, 2.45) is 0 Å². The van der Waals surface area contributed by atoms with Gasteiger partial charge < -0.3 is 4.40 Å². The molecule has 0 unspecified atom stereocenters. The van der Waals surface area contributed by atoms with Crippen molar-refractivity contribution in [2.45, 2.75) is 13.3 Å². The normalized spacial score (nSPS) is 10.2. The van der Waals surface area contributed by atoms with Crippen LogP contribution in [0.3, 0.4) is 0 Å². The molecule has 0 aromatic carbocycles. The number of imidazole rings is 1. The Labute approximate surface area is 76.3 Å². The van der Waals surface area contributed by atoms with E-state index in [9.17, 15) is 0 Å². The summed E-state index contributed by atoms with van der Waals surface area (Å²) in [5.41, 5.74) is 2.66. The second-order valence-corrected chi connectivity index (χ2v) is 2.86. The van der Waals surface area contributed by atoms with E-state index >= 15 is 0 Å². The molecule has 3 heteroatoms. The van der Waals surface area contributed by atoms with Crippen LogP contribution in [0.5, 0.6) is 0 Å². The molecule has 0 saturated carbocycles. The molecule has 0 saturated heterocycles. The minimum atomic E-state index is 0.653. The Bertz CT molecular complexity index is 476. The van der Waals surface area contributed by atoms with Crippen LogP contribution in [-0.4, -0.2) is 9.38 Å². The van der Waals surface area contributed by atoms with Crippen LogP contribution in [0.15, 0.2) is 24.5 Å². The third kappa shape index (κ3) is 1.17. The Morgan fingerprint density at radius 3 is 3.15 bits per heavy atom. The molecule has 0 N–H and O–H groups in total. The van der Waals surface area contributed by atoms with E-state index in [1.807, 2.05) is 16.8 Å². The molecule has 13 heavy (non-hydrogen) atoms. The Morgan fingerprint density at radius 1 is 1.62 bits per heavy atom. The van der Waals surface area contributed by atoms with Crippen LogP contribution >= 0.6 is 0 Å². The maximum atomic E-state index is 8.67. The fraction of sp³-hybridized carbons (Fsp3) is 0.200. The molecule has 2 aromatic heterocycles. The minimum Gasteiger partial charge on any atom is -0.304 e. The number of aromatic nitrogens is 2. The van der Waals surface area contributed by atoms with Gasteiger partial charge in [-0.05, 0) is 18.6 Å². The Kier molecular flexibility index (Phi) is 1.75. The highest BCUT2D eigenvalue weighted by molar-refractivity contribution is 5.47. The van der Waals surface area contributed by atoms with E-state index in [4.69, 9.17) is 5.26 Å². The van der Waals surface area contributed by atoms with E-state index in [-0.39, 0.29) is 0 Å². The fourth-order valence-corrected chi connectivity index (χ4v) is 1.36. The number of nitriles is 1. The number of pyridine rings is 1. The lowest BCUT2D eigenvalue weighted by molar-refractivity contribution is 0.994. The summed E-state index contributed by atoms with van der Waals surface area (Å²) in [5, 5.41) is 8.67. The largest absolute Gasteiger partial charge is 0.304 e. The molecule has 2 rings (SSSR count). The molecule has 2 heterocycles. The quantitative estimate of drug-likeness (QED) is 0.656. The molecule has 0 fully saturated rings. The van der Waals surface area contributed by atoms with E-state index in [1.54, 1.807) is 12.1 Å². The summed E-state index contributed by atoms with van der Waals surface area (Å²) >= 11 is 0. The molecular formula is C10H9N3. The second-order valence-electron chi connectivity index (χ2n) is 2.86. The van der Waals surface area contributed by atoms with Crippen LogP contribution in [0.4, 0.5) is 0 Å². The summed E-state index contributed by atoms with van der Waals surface area (Å²) < 4.78 is 2.00. The summed E-state index contributed by atoms with van der Waals surface area (Å²) in [7, 11) is 0. The van der Waals surface area contributed by atoms with Crippen LogP contribution in [0.1, 0.15) is 18.2 Å². The minimum absolute atomic E-state index is 0.653. The average molecular weight is 171 g/mol. The average Bonchev–Trinajstić information content (AvgIpc) is 2.59. The summed E-state index contributed by atoms with van der Waals surface area (Å²) in [6.07, 6.45) is 4.68. The molecule has 0 aliphatic carbocycles. The van der Waals surface area contributed by atoms with Gasteiger partial charge in [0.25, 0.3) is 0 Å². The van der Waals surface area contributed by atoms with E-state index in [0.29, 0.717) is 5.56 Å². The summed E-state index contributed by atoms with van der Waals surface area (Å²) in [6, 6.07) is 5.68. The number of nitrogens with zero attached hydrogens (tertiary/aromatic N) is 3. The van der Waals surface area contributed by atoms with Gasteiger partial charge in [-0.2, -0.15) is 5.26 Å². The van der Waals surface area contributed by atoms with Crippen LogP contribution in [0, 0.1) is 11.3 Å². The highest BCUT2D eigenvalue weighted by atomic mass is 15.0. The van der Waals surface area contributed by atoms with E-state index in [2.05, 4.69) is 18.0 Å². The van der Waals surface area contributed by atoms with Crippen LogP contribution < -0.4 is 0 Å². The highest BCUT2D eigenvalue weighted by Crippen LogP contribution is 2.08. The van der Waals surface area contributed by atoms with E-state index in [0.717, 1.165) is 12.1 Å². The molecule has 0 atom stereocenters. The van der Waals surface area contributed by atoms with Crippen molar-refractivity contribution in [1.82, 2.24) is 9.38 Å². The van der Waals surface area contributed by atoms with Gasteiger partial charge in [0.05, 0.1) is 11.6 Å². The number of hydrogen-bond donors (Lipinski definition) is 0. The first-order valence-electron chi connectivity index (χ1n) is 4.21. The Hall–Kier alpha value is -1.82. The van der Waals surface area contributed by atoms with Crippen molar-refractivity contribution < 1.29 is 0 Å². The van der Waals surface area contributed by atoms with Gasteiger partial charge in [-0.3, -0.25) is 0 Å². The summed E-state index contributed by atoms with van der Waals surface area (Å²) in [6.45, 7) is 2.08. The van der Waals surface area contributed by atoms with Gasteiger partial charge in [0.2, 0.25) is 0 Å². The van der Waals surface area contributed by atoms with E-state index in [1.165, 1.54) is 5.69 Å². The molecular weight excluding hydrogens is 162 g/mol. The van der Waals surface area contributed by atoms with Gasteiger partial charge in [-0.15, -0.1) is 0 Å². The lowest BCUT2D eigenvalue weighted by atomic mass is 10.3. The molecule has 0 aliphatic heterocycles. The van der Waals surface area contributed by atoms with Gasteiger partial charge >= 0.3 is 0 Å². The predicted molar refractivity (Wildman–Crippen MR) is 49.3 cm³/mol. The van der Waals surface area contributed by atoms with Gasteiger partial charge in [0.1, 0.15) is 5.65 Å². The van der Waals surface area contributed by atoms with Gasteiger partial charge in [0, 0.05) is 18.1 Å². The van der Waals surface area contributed by atoms with Crippen molar-refractivity contribution in [3.63, 3.8) is 0 Å². The Balaban J connectivity index is 2.70. The van der Waals surface area contributed by atoms with Gasteiger partial charge in [-0.1, -0.05) is 6.92 Å². The van der Waals surface area contributed by atoms with Crippen molar-refractivity contribution in [2.75, 3.05) is 0 Å².